The molecular weight excluding hydrogens is 320 g/mol. The molecule has 1 aromatic rings. The SMILES string of the molecule is Cc1ccc(COC(=O)CN2C(=O)N[C@](C)(CCC(C)C)C2=O)cc1. The van der Waals surface area contributed by atoms with E-state index in [4.69, 9.17) is 4.74 Å². The van der Waals surface area contributed by atoms with Crippen molar-refractivity contribution in [2.45, 2.75) is 52.7 Å². The van der Waals surface area contributed by atoms with Gasteiger partial charge >= 0.3 is 12.0 Å². The Morgan fingerprint density at radius 3 is 2.48 bits per heavy atom. The van der Waals surface area contributed by atoms with Gasteiger partial charge in [0.15, 0.2) is 0 Å². The number of carbonyl (C=O) groups excluding carboxylic acids is 3. The molecule has 0 radical (unpaired) electrons. The Bertz CT molecular complexity index is 654. The fourth-order valence-corrected chi connectivity index (χ4v) is 2.66. The molecule has 3 amide bonds. The van der Waals surface area contributed by atoms with Gasteiger partial charge in [0.25, 0.3) is 5.91 Å². The minimum atomic E-state index is -0.946. The van der Waals surface area contributed by atoms with Gasteiger partial charge in [0, 0.05) is 0 Å². The van der Waals surface area contributed by atoms with Gasteiger partial charge in [0.1, 0.15) is 18.7 Å². The van der Waals surface area contributed by atoms with Crippen molar-refractivity contribution in [3.8, 4) is 0 Å². The maximum absolute atomic E-state index is 12.5. The molecule has 0 aromatic heterocycles. The molecule has 1 aliphatic heterocycles. The van der Waals surface area contributed by atoms with E-state index in [9.17, 15) is 14.4 Å². The predicted octanol–water partition coefficient (Wildman–Crippen LogP) is 2.78. The lowest BCUT2D eigenvalue weighted by Crippen LogP contribution is -2.44. The molecule has 0 spiro atoms. The average molecular weight is 346 g/mol. The van der Waals surface area contributed by atoms with Crippen molar-refractivity contribution in [2.24, 2.45) is 5.92 Å². The molecular formula is C19H26N2O4. The number of urea groups is 1. The second-order valence-corrected chi connectivity index (χ2v) is 7.23. The first-order chi connectivity index (χ1) is 11.7. The number of rotatable bonds is 7. The molecule has 1 aliphatic rings. The largest absolute Gasteiger partial charge is 0.459 e. The number of aryl methyl sites for hydroxylation is 1. The Morgan fingerprint density at radius 2 is 1.88 bits per heavy atom. The third-order valence-electron chi connectivity index (χ3n) is 4.37. The van der Waals surface area contributed by atoms with Crippen molar-refractivity contribution in [3.63, 3.8) is 0 Å². The lowest BCUT2D eigenvalue weighted by Gasteiger charge is -2.22. The fraction of sp³-hybridized carbons (Fsp3) is 0.526. The maximum atomic E-state index is 12.5. The Kier molecular flexibility index (Phi) is 5.82. The van der Waals surface area contributed by atoms with Gasteiger partial charge in [-0.3, -0.25) is 14.5 Å². The van der Waals surface area contributed by atoms with E-state index in [0.717, 1.165) is 22.4 Å². The molecule has 1 fully saturated rings. The van der Waals surface area contributed by atoms with Gasteiger partial charge in [-0.05, 0) is 38.2 Å². The van der Waals surface area contributed by atoms with Gasteiger partial charge in [-0.2, -0.15) is 0 Å². The van der Waals surface area contributed by atoms with Crippen LogP contribution in [0, 0.1) is 12.8 Å². The summed E-state index contributed by atoms with van der Waals surface area (Å²) in [6, 6.07) is 7.07. The first-order valence-corrected chi connectivity index (χ1v) is 8.56. The molecule has 25 heavy (non-hydrogen) atoms. The van der Waals surface area contributed by atoms with Crippen LogP contribution < -0.4 is 5.32 Å². The van der Waals surface area contributed by atoms with Gasteiger partial charge in [0.2, 0.25) is 0 Å². The molecule has 1 N–H and O–H groups in total. The van der Waals surface area contributed by atoms with E-state index >= 15 is 0 Å². The second kappa shape index (κ2) is 7.68. The van der Waals surface area contributed by atoms with Crippen LogP contribution in [-0.2, 0) is 20.9 Å². The van der Waals surface area contributed by atoms with Gasteiger partial charge in [-0.15, -0.1) is 0 Å². The zero-order chi connectivity index (χ0) is 18.6. The van der Waals surface area contributed by atoms with Crippen LogP contribution in [0.4, 0.5) is 4.79 Å². The number of nitrogens with zero attached hydrogens (tertiary/aromatic N) is 1. The first kappa shape index (κ1) is 19.0. The first-order valence-electron chi connectivity index (χ1n) is 8.56. The summed E-state index contributed by atoms with van der Waals surface area (Å²) in [5.74, 6) is -0.544. The van der Waals surface area contributed by atoms with Gasteiger partial charge in [0.05, 0.1) is 0 Å². The lowest BCUT2D eigenvalue weighted by molar-refractivity contribution is -0.148. The number of ether oxygens (including phenoxy) is 1. The summed E-state index contributed by atoms with van der Waals surface area (Å²) in [4.78, 5) is 37.6. The Labute approximate surface area is 148 Å². The summed E-state index contributed by atoms with van der Waals surface area (Å²) in [6.45, 7) is 7.55. The molecule has 1 aromatic carbocycles. The smallest absolute Gasteiger partial charge is 0.326 e. The monoisotopic (exact) mass is 346 g/mol. The summed E-state index contributed by atoms with van der Waals surface area (Å²) < 4.78 is 5.18. The normalized spacial score (nSPS) is 20.1. The predicted molar refractivity (Wildman–Crippen MR) is 93.7 cm³/mol. The van der Waals surface area contributed by atoms with Crippen LogP contribution in [0.15, 0.2) is 24.3 Å². The van der Waals surface area contributed by atoms with Crippen LogP contribution in [0.3, 0.4) is 0 Å². The van der Waals surface area contributed by atoms with Crippen LogP contribution >= 0.6 is 0 Å². The van der Waals surface area contributed by atoms with Crippen molar-refractivity contribution in [1.82, 2.24) is 10.2 Å². The quantitative estimate of drug-likeness (QED) is 0.608. The van der Waals surface area contributed by atoms with Gasteiger partial charge in [-0.1, -0.05) is 43.7 Å². The molecule has 0 unspecified atom stereocenters. The highest BCUT2D eigenvalue weighted by Gasteiger charge is 2.48. The van der Waals surface area contributed by atoms with Crippen molar-refractivity contribution in [3.05, 3.63) is 35.4 Å². The van der Waals surface area contributed by atoms with Crippen LogP contribution in [0.5, 0.6) is 0 Å². The standard InChI is InChI=1S/C19H26N2O4/c1-13(2)9-10-19(4)17(23)21(18(24)20-19)11-16(22)25-12-15-7-5-14(3)6-8-15/h5-8,13H,9-12H2,1-4H3,(H,20,24)/t19-/m1/s1. The molecule has 2 rings (SSSR count). The summed E-state index contributed by atoms with van der Waals surface area (Å²) >= 11 is 0. The number of imide groups is 1. The molecule has 6 nitrogen and oxygen atoms in total. The molecule has 136 valence electrons. The van der Waals surface area contributed by atoms with Gasteiger partial charge in [-0.25, -0.2) is 4.79 Å². The molecule has 1 saturated heterocycles. The number of hydrogen-bond acceptors (Lipinski definition) is 4. The van der Waals surface area contributed by atoms with Crippen molar-refractivity contribution in [1.29, 1.82) is 0 Å². The number of carbonyl (C=O) groups is 3. The zero-order valence-corrected chi connectivity index (χ0v) is 15.3. The maximum Gasteiger partial charge on any atom is 0.326 e. The molecule has 0 bridgehead atoms. The summed E-state index contributed by atoms with van der Waals surface area (Å²) in [7, 11) is 0. The van der Waals surface area contributed by atoms with E-state index in [1.54, 1.807) is 6.92 Å². The van der Waals surface area contributed by atoms with E-state index in [1.807, 2.05) is 31.2 Å². The number of benzene rings is 1. The second-order valence-electron chi connectivity index (χ2n) is 7.23. The lowest BCUT2D eigenvalue weighted by atomic mass is 9.92. The van der Waals surface area contributed by atoms with Crippen molar-refractivity contribution >= 4 is 17.9 Å². The minimum absolute atomic E-state index is 0.118. The fourth-order valence-electron chi connectivity index (χ4n) is 2.66. The summed E-state index contributed by atoms with van der Waals surface area (Å²) in [5, 5.41) is 2.70. The molecule has 0 aliphatic carbocycles. The van der Waals surface area contributed by atoms with Crippen LogP contribution in [0.2, 0.25) is 0 Å². The topological polar surface area (TPSA) is 75.7 Å². The summed E-state index contributed by atoms with van der Waals surface area (Å²) in [5.41, 5.74) is 1.03. The summed E-state index contributed by atoms with van der Waals surface area (Å²) in [6.07, 6.45) is 1.36. The highest BCUT2D eigenvalue weighted by molar-refractivity contribution is 6.08. The Balaban J connectivity index is 1.90. The third kappa shape index (κ3) is 4.81. The highest BCUT2D eigenvalue weighted by atomic mass is 16.5. The van der Waals surface area contributed by atoms with E-state index in [-0.39, 0.29) is 19.1 Å². The zero-order valence-electron chi connectivity index (χ0n) is 15.3. The van der Waals surface area contributed by atoms with Crippen LogP contribution in [0.25, 0.3) is 0 Å². The van der Waals surface area contributed by atoms with Crippen molar-refractivity contribution in [2.75, 3.05) is 6.54 Å². The number of esters is 1. The van der Waals surface area contributed by atoms with Crippen LogP contribution in [-0.4, -0.2) is 34.9 Å². The van der Waals surface area contributed by atoms with Crippen LogP contribution in [0.1, 0.15) is 44.7 Å². The van der Waals surface area contributed by atoms with E-state index in [1.165, 1.54) is 0 Å². The molecule has 6 heteroatoms. The van der Waals surface area contributed by atoms with E-state index in [2.05, 4.69) is 19.2 Å². The Morgan fingerprint density at radius 1 is 1.24 bits per heavy atom. The van der Waals surface area contributed by atoms with Crippen molar-refractivity contribution < 1.29 is 19.1 Å². The number of amides is 3. The number of hydrogen-bond donors (Lipinski definition) is 1. The molecule has 0 saturated carbocycles. The molecule has 1 heterocycles. The highest BCUT2D eigenvalue weighted by Crippen LogP contribution is 2.24. The molecule has 1 atom stereocenters. The van der Waals surface area contributed by atoms with Gasteiger partial charge < -0.3 is 10.1 Å². The third-order valence-corrected chi connectivity index (χ3v) is 4.37. The van der Waals surface area contributed by atoms with E-state index in [0.29, 0.717) is 12.3 Å². The Hall–Kier alpha value is -2.37. The average Bonchev–Trinajstić information content (AvgIpc) is 2.76. The number of nitrogens with one attached hydrogen (secondary N) is 1. The minimum Gasteiger partial charge on any atom is -0.459 e. The van der Waals surface area contributed by atoms with E-state index < -0.39 is 17.5 Å².